The number of carboxylic acid groups (broad SMARTS) is 1. The minimum Gasteiger partial charge on any atom is -0.481 e. The molecule has 0 amide bonds. The summed E-state index contributed by atoms with van der Waals surface area (Å²) in [6.45, 7) is 0. The third-order valence-electron chi connectivity index (χ3n) is 2.12. The molecule has 9 heteroatoms. The number of aliphatic carboxylic acids is 1. The van der Waals surface area contributed by atoms with Gasteiger partial charge in [-0.25, -0.2) is 18.9 Å². The van der Waals surface area contributed by atoms with Crippen molar-refractivity contribution in [2.75, 3.05) is 5.75 Å². The zero-order valence-electron chi connectivity index (χ0n) is 9.26. The van der Waals surface area contributed by atoms with Crippen LogP contribution in [0.5, 0.6) is 0 Å². The first-order valence-corrected chi connectivity index (χ1v) is 6.74. The van der Waals surface area contributed by atoms with Crippen LogP contribution in [0.4, 0.5) is 4.39 Å². The lowest BCUT2D eigenvalue weighted by atomic mass is 10.3. The Morgan fingerprint density at radius 1 is 1.58 bits per heavy atom. The quantitative estimate of drug-likeness (QED) is 0.821. The smallest absolute Gasteiger partial charge is 0.348 e. The molecule has 0 aliphatic rings. The summed E-state index contributed by atoms with van der Waals surface area (Å²) in [6, 6.07) is 3.81. The van der Waals surface area contributed by atoms with Crippen LogP contribution in [0.15, 0.2) is 32.6 Å². The van der Waals surface area contributed by atoms with Gasteiger partial charge in [0, 0.05) is 4.47 Å². The van der Waals surface area contributed by atoms with Crippen molar-refractivity contribution in [1.82, 2.24) is 14.8 Å². The van der Waals surface area contributed by atoms with Gasteiger partial charge in [0.25, 0.3) is 0 Å². The molecule has 0 saturated heterocycles. The van der Waals surface area contributed by atoms with Crippen molar-refractivity contribution in [1.29, 1.82) is 0 Å². The van der Waals surface area contributed by atoms with Crippen LogP contribution in [0, 0.1) is 5.82 Å². The molecule has 0 atom stereocenters. The number of hydrogen-bond acceptors (Lipinski definition) is 4. The number of rotatable bonds is 4. The highest BCUT2D eigenvalue weighted by atomic mass is 79.9. The van der Waals surface area contributed by atoms with E-state index >= 15 is 0 Å². The molecule has 0 saturated carbocycles. The van der Waals surface area contributed by atoms with E-state index in [0.29, 0.717) is 10.2 Å². The second-order valence-electron chi connectivity index (χ2n) is 3.42. The molecule has 6 nitrogen and oxygen atoms in total. The number of nitrogens with one attached hydrogen (secondary N) is 1. The fraction of sp³-hybridized carbons (Fsp3) is 0.100. The number of benzene rings is 1. The summed E-state index contributed by atoms with van der Waals surface area (Å²) in [5.41, 5.74) is -0.145. The van der Waals surface area contributed by atoms with Gasteiger partial charge in [-0.1, -0.05) is 11.8 Å². The van der Waals surface area contributed by atoms with Crippen LogP contribution in [0.2, 0.25) is 0 Å². The molecule has 0 radical (unpaired) electrons. The van der Waals surface area contributed by atoms with Crippen molar-refractivity contribution in [3.63, 3.8) is 0 Å². The van der Waals surface area contributed by atoms with Crippen molar-refractivity contribution in [3.05, 3.63) is 39.0 Å². The Labute approximate surface area is 118 Å². The first kappa shape index (κ1) is 13.8. The second-order valence-corrected chi connectivity index (χ2v) is 5.22. The van der Waals surface area contributed by atoms with Crippen molar-refractivity contribution >= 4 is 33.7 Å². The summed E-state index contributed by atoms with van der Waals surface area (Å²) in [7, 11) is 0. The van der Waals surface area contributed by atoms with E-state index in [-0.39, 0.29) is 10.9 Å². The third kappa shape index (κ3) is 3.04. The summed E-state index contributed by atoms with van der Waals surface area (Å²) in [5.74, 6) is -1.71. The number of H-pyrrole nitrogens is 1. The molecule has 2 N–H and O–H groups in total. The van der Waals surface area contributed by atoms with Crippen LogP contribution in [0.1, 0.15) is 0 Å². The van der Waals surface area contributed by atoms with E-state index in [1.165, 1.54) is 22.8 Å². The van der Waals surface area contributed by atoms with Crippen molar-refractivity contribution in [2.45, 2.75) is 5.16 Å². The Bertz CT molecular complexity index is 685. The molecule has 1 aromatic heterocycles. The van der Waals surface area contributed by atoms with Crippen LogP contribution < -0.4 is 5.69 Å². The van der Waals surface area contributed by atoms with E-state index in [0.717, 1.165) is 11.8 Å². The van der Waals surface area contributed by atoms with Gasteiger partial charge in [0.15, 0.2) is 5.16 Å². The van der Waals surface area contributed by atoms with E-state index in [9.17, 15) is 14.0 Å². The van der Waals surface area contributed by atoms with Gasteiger partial charge in [0.2, 0.25) is 0 Å². The minimum absolute atomic E-state index is 0.194. The molecule has 1 aromatic carbocycles. The lowest BCUT2D eigenvalue weighted by molar-refractivity contribution is -0.133. The lowest BCUT2D eigenvalue weighted by Crippen LogP contribution is -2.16. The molecular formula is C10H7BrFN3O3S. The maximum atomic E-state index is 13.0. The average molecular weight is 348 g/mol. The number of nitrogens with zero attached hydrogens (tertiary/aromatic N) is 2. The summed E-state index contributed by atoms with van der Waals surface area (Å²) in [6.07, 6.45) is 0. The third-order valence-corrected chi connectivity index (χ3v) is 3.68. The van der Waals surface area contributed by atoms with Crippen molar-refractivity contribution in [2.24, 2.45) is 0 Å². The maximum Gasteiger partial charge on any atom is 0.348 e. The lowest BCUT2D eigenvalue weighted by Gasteiger charge is -2.06. The molecule has 0 aliphatic carbocycles. The molecule has 100 valence electrons. The molecule has 0 fully saturated rings. The number of thioether (sulfide) groups is 1. The Hall–Kier alpha value is -1.61. The zero-order chi connectivity index (χ0) is 14.0. The average Bonchev–Trinajstić information content (AvgIpc) is 2.68. The monoisotopic (exact) mass is 347 g/mol. The molecule has 1 heterocycles. The highest BCUT2D eigenvalue weighted by Crippen LogP contribution is 2.24. The minimum atomic E-state index is -1.02. The largest absolute Gasteiger partial charge is 0.481 e. The van der Waals surface area contributed by atoms with Gasteiger partial charge in [-0.15, -0.1) is 5.10 Å². The molecule has 19 heavy (non-hydrogen) atoms. The van der Waals surface area contributed by atoms with Gasteiger partial charge in [-0.2, -0.15) is 0 Å². The standard InChI is InChI=1S/C10H7BrFN3O3S/c11-6-3-5(12)1-2-7(6)15-9(18)13-14-10(15)19-4-8(16)17/h1-3H,4H2,(H,13,18)(H,16,17). The Morgan fingerprint density at radius 3 is 2.95 bits per heavy atom. The van der Waals surface area contributed by atoms with Crippen LogP contribution >= 0.6 is 27.7 Å². The molecule has 2 aromatic rings. The number of carboxylic acids is 1. The Kier molecular flexibility index (Phi) is 4.05. The molecule has 2 rings (SSSR count). The fourth-order valence-electron chi connectivity index (χ4n) is 1.38. The molecule has 0 aliphatic heterocycles. The predicted molar refractivity (Wildman–Crippen MR) is 70.2 cm³/mol. The van der Waals surface area contributed by atoms with Gasteiger partial charge < -0.3 is 5.11 Å². The highest BCUT2D eigenvalue weighted by Gasteiger charge is 2.15. The molecule has 0 spiro atoms. The van der Waals surface area contributed by atoms with Crippen molar-refractivity contribution < 1.29 is 14.3 Å². The van der Waals surface area contributed by atoms with E-state index in [1.807, 2.05) is 0 Å². The fourth-order valence-corrected chi connectivity index (χ4v) is 2.58. The summed E-state index contributed by atoms with van der Waals surface area (Å²) >= 11 is 4.04. The van der Waals surface area contributed by atoms with Crippen molar-refractivity contribution in [3.8, 4) is 5.69 Å². The van der Waals surface area contributed by atoms with Crippen LogP contribution in [-0.4, -0.2) is 31.6 Å². The molecule has 0 unspecified atom stereocenters. The van der Waals surface area contributed by atoms with E-state index in [2.05, 4.69) is 26.1 Å². The first-order valence-electron chi connectivity index (χ1n) is 4.96. The van der Waals surface area contributed by atoms with Gasteiger partial charge in [0.1, 0.15) is 5.82 Å². The van der Waals surface area contributed by atoms with Crippen LogP contribution in [-0.2, 0) is 4.79 Å². The van der Waals surface area contributed by atoms with Gasteiger partial charge in [0.05, 0.1) is 11.4 Å². The topological polar surface area (TPSA) is 88.0 Å². The molecule has 0 bridgehead atoms. The molecular weight excluding hydrogens is 341 g/mol. The number of halogens is 2. The summed E-state index contributed by atoms with van der Waals surface area (Å²) < 4.78 is 14.6. The van der Waals surface area contributed by atoms with Gasteiger partial charge in [-0.3, -0.25) is 4.79 Å². The van der Waals surface area contributed by atoms with Crippen LogP contribution in [0.25, 0.3) is 5.69 Å². The highest BCUT2D eigenvalue weighted by molar-refractivity contribution is 9.10. The SMILES string of the molecule is O=C(O)CSc1n[nH]c(=O)n1-c1ccc(F)cc1Br. The number of hydrogen-bond donors (Lipinski definition) is 2. The Morgan fingerprint density at radius 2 is 2.32 bits per heavy atom. The van der Waals surface area contributed by atoms with E-state index in [1.54, 1.807) is 0 Å². The first-order chi connectivity index (χ1) is 8.99. The second kappa shape index (κ2) is 5.57. The zero-order valence-corrected chi connectivity index (χ0v) is 11.7. The predicted octanol–water partition coefficient (Wildman–Crippen LogP) is 1.64. The number of carbonyl (C=O) groups is 1. The maximum absolute atomic E-state index is 13.0. The summed E-state index contributed by atoms with van der Waals surface area (Å²) in [5, 5.41) is 14.8. The normalized spacial score (nSPS) is 10.6. The van der Waals surface area contributed by atoms with Gasteiger partial charge >= 0.3 is 11.7 Å². The van der Waals surface area contributed by atoms with E-state index < -0.39 is 17.5 Å². The van der Waals surface area contributed by atoms with Crippen LogP contribution in [0.3, 0.4) is 0 Å². The Balaban J connectivity index is 2.46. The summed E-state index contributed by atoms with van der Waals surface area (Å²) in [4.78, 5) is 22.2. The van der Waals surface area contributed by atoms with E-state index in [4.69, 9.17) is 5.11 Å². The van der Waals surface area contributed by atoms with Gasteiger partial charge in [-0.05, 0) is 34.1 Å². The number of aromatic nitrogens is 3. The number of aromatic amines is 1.